The van der Waals surface area contributed by atoms with Crippen LogP contribution in [0.15, 0.2) is 45.9 Å². The number of nitrogens with zero attached hydrogens (tertiary/aromatic N) is 1. The highest BCUT2D eigenvalue weighted by Gasteiger charge is 2.05. The fourth-order valence-electron chi connectivity index (χ4n) is 1.93. The fraction of sp³-hybridized carbons (Fsp3) is 0.294. The zero-order chi connectivity index (χ0) is 15.9. The molecule has 2 aromatic rings. The molecule has 0 aliphatic heterocycles. The van der Waals surface area contributed by atoms with E-state index >= 15 is 0 Å². The van der Waals surface area contributed by atoms with Gasteiger partial charge in [0.15, 0.2) is 0 Å². The lowest BCUT2D eigenvalue weighted by Crippen LogP contribution is -2.21. The molecule has 0 bridgehead atoms. The van der Waals surface area contributed by atoms with E-state index in [1.54, 1.807) is 6.92 Å². The van der Waals surface area contributed by atoms with E-state index in [0.29, 0.717) is 18.1 Å². The van der Waals surface area contributed by atoms with Crippen LogP contribution in [0.2, 0.25) is 0 Å². The molecule has 0 unspecified atom stereocenters. The Hall–Kier alpha value is -2.56. The van der Waals surface area contributed by atoms with E-state index in [-0.39, 0.29) is 12.3 Å². The second-order valence-electron chi connectivity index (χ2n) is 4.90. The smallest absolute Gasteiger partial charge is 0.244 e. The molecular formula is C17H20N2O3. The number of benzene rings is 1. The summed E-state index contributed by atoms with van der Waals surface area (Å²) in [6.07, 6.45) is 0.264. The number of rotatable bonds is 6. The molecule has 0 fully saturated rings. The highest BCUT2D eigenvalue weighted by Crippen LogP contribution is 2.12. The van der Waals surface area contributed by atoms with Gasteiger partial charge in [0, 0.05) is 0 Å². The number of carbonyl (C=O) groups is 1. The van der Waals surface area contributed by atoms with Crippen molar-refractivity contribution in [2.45, 2.75) is 27.2 Å². The van der Waals surface area contributed by atoms with Gasteiger partial charge >= 0.3 is 0 Å². The number of hydrazone groups is 1. The molecule has 1 aromatic heterocycles. The molecular weight excluding hydrogens is 280 g/mol. The summed E-state index contributed by atoms with van der Waals surface area (Å²) < 4.78 is 10.8. The van der Waals surface area contributed by atoms with Crippen molar-refractivity contribution in [3.05, 3.63) is 53.5 Å². The first-order valence-corrected chi connectivity index (χ1v) is 7.20. The summed E-state index contributed by atoms with van der Waals surface area (Å²) in [6, 6.07) is 11.1. The Balaban J connectivity index is 1.89. The number of furan rings is 1. The first kappa shape index (κ1) is 15.8. The van der Waals surface area contributed by atoms with Gasteiger partial charge in [-0.3, -0.25) is 4.79 Å². The highest BCUT2D eigenvalue weighted by molar-refractivity contribution is 5.96. The third-order valence-electron chi connectivity index (χ3n) is 3.04. The van der Waals surface area contributed by atoms with Crippen LogP contribution >= 0.6 is 0 Å². The molecule has 1 amide bonds. The summed E-state index contributed by atoms with van der Waals surface area (Å²) in [5.74, 6) is 2.09. The van der Waals surface area contributed by atoms with Crippen molar-refractivity contribution in [2.75, 3.05) is 6.61 Å². The van der Waals surface area contributed by atoms with Gasteiger partial charge in [-0.1, -0.05) is 12.1 Å². The molecule has 0 atom stereocenters. The lowest BCUT2D eigenvalue weighted by molar-refractivity contribution is -0.120. The maximum absolute atomic E-state index is 11.9. The molecule has 0 spiro atoms. The van der Waals surface area contributed by atoms with Crippen molar-refractivity contribution in [2.24, 2.45) is 5.10 Å². The molecule has 1 heterocycles. The van der Waals surface area contributed by atoms with Gasteiger partial charge in [0.25, 0.3) is 0 Å². The Morgan fingerprint density at radius 3 is 2.55 bits per heavy atom. The molecule has 0 saturated carbocycles. The number of hydrogen-bond donors (Lipinski definition) is 1. The summed E-state index contributed by atoms with van der Waals surface area (Å²) in [5.41, 5.74) is 4.07. The molecule has 116 valence electrons. The summed E-state index contributed by atoms with van der Waals surface area (Å²) in [6.45, 7) is 6.21. The van der Waals surface area contributed by atoms with E-state index in [1.165, 1.54) is 0 Å². The molecule has 2 rings (SSSR count). The number of nitrogens with one attached hydrogen (secondary N) is 1. The average molecular weight is 300 g/mol. The number of ether oxygens (including phenoxy) is 1. The summed E-state index contributed by atoms with van der Waals surface area (Å²) in [7, 11) is 0. The molecule has 22 heavy (non-hydrogen) atoms. The number of aryl methyl sites for hydroxylation is 1. The lowest BCUT2D eigenvalue weighted by Gasteiger charge is -2.05. The van der Waals surface area contributed by atoms with Crippen LogP contribution in [0.3, 0.4) is 0 Å². The summed E-state index contributed by atoms with van der Waals surface area (Å²) >= 11 is 0. The van der Waals surface area contributed by atoms with Crippen LogP contribution in [0.5, 0.6) is 5.75 Å². The molecule has 0 saturated heterocycles. The average Bonchev–Trinajstić information content (AvgIpc) is 2.94. The van der Waals surface area contributed by atoms with Crippen molar-refractivity contribution in [1.82, 2.24) is 5.43 Å². The third kappa shape index (κ3) is 4.48. The maximum Gasteiger partial charge on any atom is 0.244 e. The van der Waals surface area contributed by atoms with E-state index in [1.807, 2.05) is 50.2 Å². The van der Waals surface area contributed by atoms with Crippen molar-refractivity contribution in [3.63, 3.8) is 0 Å². The molecule has 5 heteroatoms. The fourth-order valence-corrected chi connectivity index (χ4v) is 1.93. The Bertz CT molecular complexity index is 657. The van der Waals surface area contributed by atoms with Gasteiger partial charge in [0.05, 0.1) is 13.0 Å². The number of carbonyl (C=O) groups excluding carboxylic acids is 1. The van der Waals surface area contributed by atoms with Gasteiger partial charge in [-0.2, -0.15) is 5.10 Å². The van der Waals surface area contributed by atoms with Gasteiger partial charge < -0.3 is 9.15 Å². The quantitative estimate of drug-likeness (QED) is 0.658. The zero-order valence-electron chi connectivity index (χ0n) is 13.1. The minimum absolute atomic E-state index is 0.174. The van der Waals surface area contributed by atoms with Crippen molar-refractivity contribution >= 4 is 11.6 Å². The van der Waals surface area contributed by atoms with E-state index in [4.69, 9.17) is 9.15 Å². The van der Waals surface area contributed by atoms with Gasteiger partial charge in [0.1, 0.15) is 23.0 Å². The van der Waals surface area contributed by atoms with Crippen LogP contribution in [0.4, 0.5) is 0 Å². The van der Waals surface area contributed by atoms with E-state index < -0.39 is 0 Å². The second kappa shape index (κ2) is 7.45. The lowest BCUT2D eigenvalue weighted by atomic mass is 10.1. The monoisotopic (exact) mass is 300 g/mol. The Labute approximate surface area is 130 Å². The molecule has 0 aliphatic rings. The zero-order valence-corrected chi connectivity index (χ0v) is 13.1. The maximum atomic E-state index is 11.9. The van der Waals surface area contributed by atoms with Gasteiger partial charge in [-0.15, -0.1) is 0 Å². The predicted molar refractivity (Wildman–Crippen MR) is 85.1 cm³/mol. The van der Waals surface area contributed by atoms with Crippen LogP contribution in [0.25, 0.3) is 0 Å². The van der Waals surface area contributed by atoms with Gasteiger partial charge in [-0.05, 0) is 50.6 Å². The van der Waals surface area contributed by atoms with Crippen LogP contribution in [-0.2, 0) is 11.2 Å². The van der Waals surface area contributed by atoms with Gasteiger partial charge in [0.2, 0.25) is 5.91 Å². The summed E-state index contributed by atoms with van der Waals surface area (Å²) in [5, 5.41) is 4.05. The highest BCUT2D eigenvalue weighted by atomic mass is 16.5. The summed E-state index contributed by atoms with van der Waals surface area (Å²) in [4.78, 5) is 11.9. The second-order valence-corrected chi connectivity index (χ2v) is 4.90. The van der Waals surface area contributed by atoms with E-state index in [0.717, 1.165) is 17.1 Å². The topological polar surface area (TPSA) is 63.8 Å². The standard InChI is InChI=1S/C17H20N2O3/c1-4-21-15-8-6-14(7-9-15)11-17(20)19-18-13(3)16-10-5-12(2)22-16/h5-10H,4,11H2,1-3H3,(H,19,20)/b18-13-. The molecule has 0 aliphatic carbocycles. The largest absolute Gasteiger partial charge is 0.494 e. The number of hydrogen-bond acceptors (Lipinski definition) is 4. The Morgan fingerprint density at radius 1 is 1.23 bits per heavy atom. The van der Waals surface area contributed by atoms with Crippen LogP contribution < -0.4 is 10.2 Å². The van der Waals surface area contributed by atoms with E-state index in [9.17, 15) is 4.79 Å². The van der Waals surface area contributed by atoms with Crippen LogP contribution in [-0.4, -0.2) is 18.2 Å². The SMILES string of the molecule is CCOc1ccc(CC(=O)N/N=C(/C)c2ccc(C)o2)cc1. The molecule has 1 N–H and O–H groups in total. The minimum Gasteiger partial charge on any atom is -0.494 e. The molecule has 5 nitrogen and oxygen atoms in total. The van der Waals surface area contributed by atoms with E-state index in [2.05, 4.69) is 10.5 Å². The normalized spacial score (nSPS) is 11.3. The first-order valence-electron chi connectivity index (χ1n) is 7.20. The van der Waals surface area contributed by atoms with Crippen molar-refractivity contribution < 1.29 is 13.9 Å². The number of amides is 1. The molecule has 1 aromatic carbocycles. The predicted octanol–water partition coefficient (Wildman–Crippen LogP) is 3.07. The Morgan fingerprint density at radius 2 is 1.95 bits per heavy atom. The Kier molecular flexibility index (Phi) is 5.36. The first-order chi connectivity index (χ1) is 10.6. The van der Waals surface area contributed by atoms with Gasteiger partial charge in [-0.25, -0.2) is 5.43 Å². The molecule has 0 radical (unpaired) electrons. The van der Waals surface area contributed by atoms with Crippen LogP contribution in [0.1, 0.15) is 30.9 Å². The van der Waals surface area contributed by atoms with Crippen LogP contribution in [0, 0.1) is 6.92 Å². The third-order valence-corrected chi connectivity index (χ3v) is 3.04. The van der Waals surface area contributed by atoms with Crippen molar-refractivity contribution in [3.8, 4) is 5.75 Å². The van der Waals surface area contributed by atoms with Crippen molar-refractivity contribution in [1.29, 1.82) is 0 Å². The minimum atomic E-state index is -0.174.